The van der Waals surface area contributed by atoms with Crippen LogP contribution in [0.15, 0.2) is 30.3 Å². The summed E-state index contributed by atoms with van der Waals surface area (Å²) in [6.07, 6.45) is 8.40. The normalized spacial score (nSPS) is 22.0. The number of hydrogen-bond donors (Lipinski definition) is 1. The molecule has 1 N–H and O–H groups in total. The summed E-state index contributed by atoms with van der Waals surface area (Å²) in [5.41, 5.74) is 0.776. The van der Waals surface area contributed by atoms with Crippen molar-refractivity contribution in [2.24, 2.45) is 5.92 Å². The quantitative estimate of drug-likeness (QED) is 0.326. The van der Waals surface area contributed by atoms with Gasteiger partial charge in [0.2, 0.25) is 0 Å². The van der Waals surface area contributed by atoms with Gasteiger partial charge in [-0.25, -0.2) is 0 Å². The Morgan fingerprint density at radius 3 is 2.36 bits per heavy atom. The first kappa shape index (κ1) is 32.4. The lowest BCUT2D eigenvalue weighted by Crippen LogP contribution is -2.49. The van der Waals surface area contributed by atoms with E-state index in [2.05, 4.69) is 36.3 Å². The summed E-state index contributed by atoms with van der Waals surface area (Å²) >= 11 is 6.13. The number of amides is 1. The number of ether oxygens (including phenoxy) is 1. The zero-order chi connectivity index (χ0) is 30.7. The molecule has 0 unspecified atom stereocenters. The number of alkyl halides is 1. The Bertz CT molecular complexity index is 1240. The number of anilines is 1. The second-order valence-electron chi connectivity index (χ2n) is 12.4. The number of hydrogen-bond acceptors (Lipinski definition) is 8. The second-order valence-corrected chi connectivity index (χ2v) is 12.8. The molecule has 3 aliphatic rings. The molecule has 1 amide bonds. The fraction of sp³-hybridized carbons (Fsp3) is 0.636. The van der Waals surface area contributed by atoms with E-state index in [1.54, 1.807) is 24.3 Å². The molecule has 11 heteroatoms. The average Bonchev–Trinajstić information content (AvgIpc) is 3.05. The first-order valence-corrected chi connectivity index (χ1v) is 16.6. The van der Waals surface area contributed by atoms with Crippen LogP contribution in [-0.2, 0) is 0 Å². The minimum absolute atomic E-state index is 0.0512. The zero-order valence-corrected chi connectivity index (χ0v) is 26.4. The van der Waals surface area contributed by atoms with Crippen LogP contribution in [0.1, 0.15) is 73.8 Å². The van der Waals surface area contributed by atoms with Crippen molar-refractivity contribution in [3.63, 3.8) is 0 Å². The third kappa shape index (κ3) is 9.26. The zero-order valence-electron chi connectivity index (χ0n) is 25.6. The van der Waals surface area contributed by atoms with Gasteiger partial charge in [-0.15, -0.1) is 10.2 Å². The smallest absolute Gasteiger partial charge is 0.272 e. The Morgan fingerprint density at radius 1 is 0.955 bits per heavy atom. The first-order chi connectivity index (χ1) is 21.5. The average molecular weight is 626 g/mol. The standard InChI is InChI=1S/C33H45ClFN7O2/c34-30-22-29(7-4-26(30)23-36)44-28-8-5-27(6-9-28)37-33(43)31-10-11-32(39-38-31)42-16-12-25(13-17-42)24-41-20-18-40(19-21-41)15-3-1-2-14-35/h4,7,10-11,22,25,27-28H,1-3,5-6,8-9,12-21,24H2,(H,37,43). The number of nitriles is 1. The third-order valence-electron chi connectivity index (χ3n) is 9.28. The number of nitrogens with zero attached hydrogens (tertiary/aromatic N) is 6. The van der Waals surface area contributed by atoms with E-state index in [1.165, 1.54) is 0 Å². The largest absolute Gasteiger partial charge is 0.490 e. The maximum absolute atomic E-state index is 12.9. The van der Waals surface area contributed by atoms with Gasteiger partial charge in [0.1, 0.15) is 11.8 Å². The molecule has 2 saturated heterocycles. The number of carbonyl (C=O) groups is 1. The third-order valence-corrected chi connectivity index (χ3v) is 9.60. The fourth-order valence-electron chi connectivity index (χ4n) is 6.56. The molecule has 0 spiro atoms. The van der Waals surface area contributed by atoms with Gasteiger partial charge in [0, 0.05) is 57.9 Å². The van der Waals surface area contributed by atoms with Gasteiger partial charge in [0.25, 0.3) is 5.91 Å². The number of piperazine rings is 1. The maximum atomic E-state index is 12.9. The summed E-state index contributed by atoms with van der Waals surface area (Å²) in [6.45, 7) is 8.47. The number of rotatable bonds is 12. The summed E-state index contributed by atoms with van der Waals surface area (Å²) in [7, 11) is 0. The van der Waals surface area contributed by atoms with Gasteiger partial charge in [-0.3, -0.25) is 9.18 Å². The van der Waals surface area contributed by atoms with E-state index < -0.39 is 0 Å². The van der Waals surface area contributed by atoms with E-state index in [1.807, 2.05) is 6.07 Å². The second kappa shape index (κ2) is 16.4. The molecule has 238 valence electrons. The van der Waals surface area contributed by atoms with E-state index in [-0.39, 0.29) is 24.7 Å². The predicted molar refractivity (Wildman–Crippen MR) is 170 cm³/mol. The Hall–Kier alpha value is -3.00. The lowest BCUT2D eigenvalue weighted by atomic mass is 9.93. The molecule has 1 aromatic carbocycles. The molecular weight excluding hydrogens is 581 g/mol. The van der Waals surface area contributed by atoms with E-state index in [9.17, 15) is 9.18 Å². The van der Waals surface area contributed by atoms with Gasteiger partial charge < -0.3 is 24.8 Å². The molecule has 44 heavy (non-hydrogen) atoms. The minimum Gasteiger partial charge on any atom is -0.490 e. The molecule has 2 aromatic rings. The van der Waals surface area contributed by atoms with E-state index >= 15 is 0 Å². The van der Waals surface area contributed by atoms with Crippen LogP contribution < -0.4 is 15.0 Å². The predicted octanol–water partition coefficient (Wildman–Crippen LogP) is 5.10. The Kier molecular flexibility index (Phi) is 12.0. The lowest BCUT2D eigenvalue weighted by molar-refractivity contribution is 0.0888. The lowest BCUT2D eigenvalue weighted by Gasteiger charge is -2.39. The van der Waals surface area contributed by atoms with Gasteiger partial charge in [0.05, 0.1) is 23.4 Å². The summed E-state index contributed by atoms with van der Waals surface area (Å²) in [5, 5.41) is 21.2. The van der Waals surface area contributed by atoms with Crippen molar-refractivity contribution in [1.29, 1.82) is 5.26 Å². The highest BCUT2D eigenvalue weighted by Gasteiger charge is 2.26. The van der Waals surface area contributed by atoms with Crippen molar-refractivity contribution in [2.75, 3.05) is 63.9 Å². The maximum Gasteiger partial charge on any atom is 0.272 e. The number of carbonyl (C=O) groups excluding carboxylic acids is 1. The molecule has 1 aliphatic carbocycles. The van der Waals surface area contributed by atoms with Crippen molar-refractivity contribution in [1.82, 2.24) is 25.3 Å². The van der Waals surface area contributed by atoms with Crippen LogP contribution in [0, 0.1) is 17.2 Å². The molecule has 3 heterocycles. The van der Waals surface area contributed by atoms with Crippen LogP contribution in [0.3, 0.4) is 0 Å². The van der Waals surface area contributed by atoms with Crippen molar-refractivity contribution in [3.8, 4) is 11.8 Å². The first-order valence-electron chi connectivity index (χ1n) is 16.3. The van der Waals surface area contributed by atoms with E-state index in [0.29, 0.717) is 34.4 Å². The van der Waals surface area contributed by atoms with Crippen LogP contribution in [0.5, 0.6) is 5.75 Å². The van der Waals surface area contributed by atoms with Gasteiger partial charge in [-0.2, -0.15) is 5.26 Å². The molecule has 0 bridgehead atoms. The van der Waals surface area contributed by atoms with Crippen LogP contribution in [-0.4, -0.2) is 97.1 Å². The van der Waals surface area contributed by atoms with Gasteiger partial charge in [-0.1, -0.05) is 11.6 Å². The molecule has 3 fully saturated rings. The molecule has 0 atom stereocenters. The van der Waals surface area contributed by atoms with E-state index in [0.717, 1.165) is 110 Å². The van der Waals surface area contributed by atoms with Crippen LogP contribution in [0.4, 0.5) is 10.2 Å². The highest BCUT2D eigenvalue weighted by molar-refractivity contribution is 6.31. The van der Waals surface area contributed by atoms with Crippen LogP contribution in [0.2, 0.25) is 5.02 Å². The highest BCUT2D eigenvalue weighted by atomic mass is 35.5. The number of aromatic nitrogens is 2. The summed E-state index contributed by atoms with van der Waals surface area (Å²) in [5.74, 6) is 2.00. The monoisotopic (exact) mass is 625 g/mol. The van der Waals surface area contributed by atoms with Gasteiger partial charge in [0.15, 0.2) is 11.5 Å². The summed E-state index contributed by atoms with van der Waals surface area (Å²) in [4.78, 5) is 20.3. The molecule has 9 nitrogen and oxygen atoms in total. The Balaban J connectivity index is 0.983. The topological polar surface area (TPSA) is 97.6 Å². The SMILES string of the molecule is N#Cc1ccc(OC2CCC(NC(=O)c3ccc(N4CCC(CN5CCN(CCCCCF)CC5)CC4)nn3)CC2)cc1Cl. The molecule has 2 aliphatic heterocycles. The summed E-state index contributed by atoms with van der Waals surface area (Å²) in [6, 6.07) is 11.0. The fourth-order valence-corrected chi connectivity index (χ4v) is 6.78. The Morgan fingerprint density at radius 2 is 1.70 bits per heavy atom. The number of unbranched alkanes of at least 4 members (excludes halogenated alkanes) is 2. The number of halogens is 2. The number of benzene rings is 1. The molecule has 1 aromatic heterocycles. The molecule has 0 radical (unpaired) electrons. The van der Waals surface area contributed by atoms with Gasteiger partial charge >= 0.3 is 0 Å². The van der Waals surface area contributed by atoms with Gasteiger partial charge in [-0.05, 0) is 94.5 Å². The molecule has 5 rings (SSSR count). The van der Waals surface area contributed by atoms with Crippen LogP contribution in [0.25, 0.3) is 0 Å². The van der Waals surface area contributed by atoms with E-state index in [4.69, 9.17) is 21.6 Å². The van der Waals surface area contributed by atoms with Crippen molar-refractivity contribution in [3.05, 3.63) is 46.6 Å². The van der Waals surface area contributed by atoms with Crippen molar-refractivity contribution < 1.29 is 13.9 Å². The number of nitrogens with one attached hydrogen (secondary N) is 1. The minimum atomic E-state index is -0.193. The highest BCUT2D eigenvalue weighted by Crippen LogP contribution is 2.28. The Labute approximate surface area is 265 Å². The number of piperidine rings is 1. The molecule has 1 saturated carbocycles. The van der Waals surface area contributed by atoms with Crippen molar-refractivity contribution in [2.45, 2.75) is 69.9 Å². The molecular formula is C33H45ClFN7O2. The van der Waals surface area contributed by atoms with Crippen LogP contribution >= 0.6 is 11.6 Å². The van der Waals surface area contributed by atoms with Crippen molar-refractivity contribution >= 4 is 23.3 Å². The summed E-state index contributed by atoms with van der Waals surface area (Å²) < 4.78 is 18.4.